The van der Waals surface area contributed by atoms with Crippen molar-refractivity contribution in [1.82, 2.24) is 4.90 Å². The van der Waals surface area contributed by atoms with E-state index in [0.29, 0.717) is 13.2 Å². The molecule has 21 heavy (non-hydrogen) atoms. The summed E-state index contributed by atoms with van der Waals surface area (Å²) in [7, 11) is 0. The number of halogens is 3. The largest absolute Gasteiger partial charge is 0.418 e. The Kier molecular flexibility index (Phi) is 4.41. The zero-order valence-corrected chi connectivity index (χ0v) is 11.8. The topological polar surface area (TPSA) is 41.6 Å². The fourth-order valence-electron chi connectivity index (χ4n) is 2.21. The second kappa shape index (κ2) is 5.93. The van der Waals surface area contributed by atoms with Crippen molar-refractivity contribution < 1.29 is 22.7 Å². The first-order valence-electron chi connectivity index (χ1n) is 6.64. The zero-order chi connectivity index (χ0) is 15.6. The molecule has 7 heteroatoms. The van der Waals surface area contributed by atoms with E-state index in [0.717, 1.165) is 6.07 Å². The van der Waals surface area contributed by atoms with Crippen molar-refractivity contribution in [3.63, 3.8) is 0 Å². The van der Waals surface area contributed by atoms with E-state index in [2.05, 4.69) is 5.32 Å². The molecular weight excluding hydrogens is 285 g/mol. The molecule has 1 fully saturated rings. The maximum atomic E-state index is 12.9. The average Bonchev–Trinajstić information content (AvgIpc) is 2.41. The molecule has 4 nitrogen and oxygen atoms in total. The van der Waals surface area contributed by atoms with E-state index in [1.165, 1.54) is 23.1 Å². The van der Waals surface area contributed by atoms with Crippen LogP contribution in [-0.4, -0.2) is 36.2 Å². The maximum absolute atomic E-state index is 12.9. The minimum atomic E-state index is -4.51. The number of ether oxygens (including phenoxy) is 1. The van der Waals surface area contributed by atoms with Crippen LogP contribution < -0.4 is 5.32 Å². The van der Waals surface area contributed by atoms with E-state index < -0.39 is 17.8 Å². The minimum absolute atomic E-state index is 0.134. The molecule has 1 saturated heterocycles. The van der Waals surface area contributed by atoms with Crippen LogP contribution in [0.25, 0.3) is 0 Å². The van der Waals surface area contributed by atoms with E-state index in [1.807, 2.05) is 6.92 Å². The Morgan fingerprint density at radius 1 is 1.33 bits per heavy atom. The van der Waals surface area contributed by atoms with Crippen molar-refractivity contribution in [3.8, 4) is 0 Å². The second-order valence-electron chi connectivity index (χ2n) is 5.12. The number of carbonyl (C=O) groups is 1. The first-order chi connectivity index (χ1) is 9.79. The molecular formula is C14H17F3N2O2. The van der Waals surface area contributed by atoms with Gasteiger partial charge in [0, 0.05) is 6.54 Å². The van der Waals surface area contributed by atoms with E-state index in [9.17, 15) is 18.0 Å². The fraction of sp³-hybridized carbons (Fsp3) is 0.500. The number of benzene rings is 1. The van der Waals surface area contributed by atoms with Crippen LogP contribution in [0.4, 0.5) is 23.7 Å². The quantitative estimate of drug-likeness (QED) is 0.864. The molecule has 1 aliphatic rings. The summed E-state index contributed by atoms with van der Waals surface area (Å²) >= 11 is 0. The predicted molar refractivity (Wildman–Crippen MR) is 72.0 cm³/mol. The zero-order valence-electron chi connectivity index (χ0n) is 11.8. The third kappa shape index (κ3) is 3.66. The number of hydrogen-bond donors (Lipinski definition) is 1. The molecule has 116 valence electrons. The lowest BCUT2D eigenvalue weighted by Gasteiger charge is -2.36. The third-order valence-corrected chi connectivity index (χ3v) is 3.34. The Morgan fingerprint density at radius 3 is 2.67 bits per heavy atom. The van der Waals surface area contributed by atoms with Crippen LogP contribution in [-0.2, 0) is 10.9 Å². The van der Waals surface area contributed by atoms with Gasteiger partial charge < -0.3 is 15.0 Å². The highest BCUT2D eigenvalue weighted by atomic mass is 19.4. The van der Waals surface area contributed by atoms with Crippen LogP contribution in [0.2, 0.25) is 0 Å². The fourth-order valence-corrected chi connectivity index (χ4v) is 2.21. The molecule has 0 unspecified atom stereocenters. The first-order valence-corrected chi connectivity index (χ1v) is 6.64. The summed E-state index contributed by atoms with van der Waals surface area (Å²) in [5.74, 6) is 0. The summed E-state index contributed by atoms with van der Waals surface area (Å²) < 4.78 is 44.1. The third-order valence-electron chi connectivity index (χ3n) is 3.34. The molecule has 1 N–H and O–H groups in total. The summed E-state index contributed by atoms with van der Waals surface area (Å²) in [6.07, 6.45) is -4.64. The van der Waals surface area contributed by atoms with Gasteiger partial charge in [-0.2, -0.15) is 13.2 Å². The predicted octanol–water partition coefficient (Wildman–Crippen LogP) is 3.35. The van der Waals surface area contributed by atoms with Gasteiger partial charge in [-0.05, 0) is 26.0 Å². The second-order valence-corrected chi connectivity index (χ2v) is 5.12. The van der Waals surface area contributed by atoms with Crippen LogP contribution in [0.1, 0.15) is 19.4 Å². The Hall–Kier alpha value is -1.76. The number of carbonyl (C=O) groups excluding carboxylic acids is 1. The molecule has 0 spiro atoms. The highest BCUT2D eigenvalue weighted by molar-refractivity contribution is 5.90. The van der Waals surface area contributed by atoms with Crippen molar-refractivity contribution in [1.29, 1.82) is 0 Å². The van der Waals surface area contributed by atoms with Gasteiger partial charge in [-0.3, -0.25) is 0 Å². The van der Waals surface area contributed by atoms with Crippen LogP contribution in [0, 0.1) is 0 Å². The van der Waals surface area contributed by atoms with Crippen molar-refractivity contribution in [2.75, 3.05) is 18.5 Å². The van der Waals surface area contributed by atoms with Gasteiger partial charge in [-0.15, -0.1) is 0 Å². The number of nitrogens with zero attached hydrogens (tertiary/aromatic N) is 1. The molecule has 1 aromatic rings. The number of morpholine rings is 1. The molecule has 1 aliphatic heterocycles. The lowest BCUT2D eigenvalue weighted by atomic mass is 10.1. The van der Waals surface area contributed by atoms with Crippen LogP contribution in [0.3, 0.4) is 0 Å². The van der Waals surface area contributed by atoms with Gasteiger partial charge >= 0.3 is 12.2 Å². The molecule has 2 atom stereocenters. The number of alkyl halides is 3. The van der Waals surface area contributed by atoms with Crippen molar-refractivity contribution in [2.24, 2.45) is 0 Å². The van der Waals surface area contributed by atoms with Gasteiger partial charge in [0.1, 0.15) is 0 Å². The molecule has 0 radical (unpaired) electrons. The number of para-hydroxylation sites is 1. The van der Waals surface area contributed by atoms with Gasteiger partial charge in [0.05, 0.1) is 30.0 Å². The Balaban J connectivity index is 2.16. The van der Waals surface area contributed by atoms with Gasteiger partial charge in [-0.1, -0.05) is 12.1 Å². The van der Waals surface area contributed by atoms with E-state index in [-0.39, 0.29) is 17.8 Å². The lowest BCUT2D eigenvalue weighted by molar-refractivity contribution is -0.136. The van der Waals surface area contributed by atoms with Gasteiger partial charge in [0.15, 0.2) is 0 Å². The normalized spacial score (nSPS) is 23.0. The maximum Gasteiger partial charge on any atom is 0.418 e. The summed E-state index contributed by atoms with van der Waals surface area (Å²) in [5, 5.41) is 2.35. The monoisotopic (exact) mass is 302 g/mol. The number of hydrogen-bond acceptors (Lipinski definition) is 2. The Morgan fingerprint density at radius 2 is 2.00 bits per heavy atom. The molecule has 2 amide bonds. The standard InChI is InChI=1S/C14H17F3N2O2/c1-9-8-21-10(2)7-19(9)13(20)18-12-6-4-3-5-11(12)14(15,16)17/h3-6,9-10H,7-8H2,1-2H3,(H,18,20)/t9-,10+/m0/s1. The van der Waals surface area contributed by atoms with E-state index in [4.69, 9.17) is 4.74 Å². The highest BCUT2D eigenvalue weighted by Gasteiger charge is 2.34. The molecule has 1 aromatic carbocycles. The number of rotatable bonds is 1. The Labute approximate surface area is 120 Å². The summed E-state index contributed by atoms with van der Waals surface area (Å²) in [6, 6.07) is 4.21. The summed E-state index contributed by atoms with van der Waals surface area (Å²) in [6.45, 7) is 4.33. The van der Waals surface area contributed by atoms with Gasteiger partial charge in [0.25, 0.3) is 0 Å². The van der Waals surface area contributed by atoms with E-state index >= 15 is 0 Å². The number of nitrogens with one attached hydrogen (secondary N) is 1. The number of anilines is 1. The van der Waals surface area contributed by atoms with Crippen LogP contribution >= 0.6 is 0 Å². The molecule has 1 heterocycles. The van der Waals surface area contributed by atoms with Crippen molar-refractivity contribution in [3.05, 3.63) is 29.8 Å². The molecule has 0 saturated carbocycles. The average molecular weight is 302 g/mol. The van der Waals surface area contributed by atoms with Crippen LogP contribution in [0.5, 0.6) is 0 Å². The van der Waals surface area contributed by atoms with Crippen molar-refractivity contribution >= 4 is 11.7 Å². The molecule has 0 aromatic heterocycles. The lowest BCUT2D eigenvalue weighted by Crippen LogP contribution is -2.51. The number of urea groups is 1. The van der Waals surface area contributed by atoms with Crippen molar-refractivity contribution in [2.45, 2.75) is 32.2 Å². The Bertz CT molecular complexity index is 519. The molecule has 0 aliphatic carbocycles. The number of amides is 2. The van der Waals surface area contributed by atoms with E-state index in [1.54, 1.807) is 6.92 Å². The molecule has 0 bridgehead atoms. The molecule has 2 rings (SSSR count). The SMILES string of the molecule is C[C@@H]1CN(C(=O)Nc2ccccc2C(F)(F)F)[C@@H](C)CO1. The van der Waals surface area contributed by atoms with Crippen LogP contribution in [0.15, 0.2) is 24.3 Å². The summed E-state index contributed by atoms with van der Waals surface area (Å²) in [5.41, 5.74) is -1.09. The highest BCUT2D eigenvalue weighted by Crippen LogP contribution is 2.34. The first kappa shape index (κ1) is 15.6. The van der Waals surface area contributed by atoms with Gasteiger partial charge in [0.2, 0.25) is 0 Å². The summed E-state index contributed by atoms with van der Waals surface area (Å²) in [4.78, 5) is 13.7. The smallest absolute Gasteiger partial charge is 0.375 e. The van der Waals surface area contributed by atoms with Gasteiger partial charge in [-0.25, -0.2) is 4.79 Å². The minimum Gasteiger partial charge on any atom is -0.375 e.